The second kappa shape index (κ2) is 15.3. The number of hydrogen-bond acceptors (Lipinski definition) is 2. The van der Waals surface area contributed by atoms with E-state index in [9.17, 15) is 0 Å². The van der Waals surface area contributed by atoms with Crippen molar-refractivity contribution in [1.82, 2.24) is 0 Å². The Morgan fingerprint density at radius 2 is 1.10 bits per heavy atom. The maximum atomic E-state index is 2.53. The Morgan fingerprint density at radius 3 is 1.78 bits per heavy atom. The van der Waals surface area contributed by atoms with E-state index in [2.05, 4.69) is 234 Å². The van der Waals surface area contributed by atoms with Gasteiger partial charge in [-0.1, -0.05) is 175 Å². The summed E-state index contributed by atoms with van der Waals surface area (Å²) in [7, 11) is -1.45. The molecule has 0 aliphatic heterocycles. The fourth-order valence-corrected chi connectivity index (χ4v) is 11.1. The van der Waals surface area contributed by atoms with E-state index in [1.165, 1.54) is 95.8 Å². The molecule has 8 aromatic carbocycles. The number of nitrogens with zero attached hydrogens (tertiary/aromatic N) is 2. The Morgan fingerprint density at radius 1 is 0.517 bits per heavy atom. The van der Waals surface area contributed by atoms with Gasteiger partial charge < -0.3 is 9.80 Å². The molecule has 0 aromatic heterocycles. The zero-order valence-electron chi connectivity index (χ0n) is 36.7. The lowest BCUT2D eigenvalue weighted by molar-refractivity contribution is 0.414. The van der Waals surface area contributed by atoms with Gasteiger partial charge in [-0.3, -0.25) is 0 Å². The monoisotopic (exact) mass is 798 g/mol. The maximum absolute atomic E-state index is 2.53. The molecule has 2 nitrogen and oxygen atoms in total. The van der Waals surface area contributed by atoms with Gasteiger partial charge in [0.15, 0.2) is 0 Å². The molecule has 0 bridgehead atoms. The van der Waals surface area contributed by atoms with Gasteiger partial charge in [0.1, 0.15) is 0 Å². The van der Waals surface area contributed by atoms with Crippen molar-refractivity contribution in [2.75, 3.05) is 9.80 Å². The van der Waals surface area contributed by atoms with Crippen LogP contribution in [0.5, 0.6) is 0 Å². The summed E-state index contributed by atoms with van der Waals surface area (Å²) in [6.45, 7) is 19.2. The van der Waals surface area contributed by atoms with Crippen LogP contribution in [0.4, 0.5) is 34.1 Å². The molecule has 3 heteroatoms. The normalized spacial score (nSPS) is 14.1. The van der Waals surface area contributed by atoms with Crippen molar-refractivity contribution in [3.63, 3.8) is 0 Å². The Labute approximate surface area is 359 Å². The van der Waals surface area contributed by atoms with Crippen molar-refractivity contribution in [1.29, 1.82) is 0 Å². The number of rotatable bonds is 11. The minimum absolute atomic E-state index is 0.153. The van der Waals surface area contributed by atoms with Gasteiger partial charge in [-0.05, 0) is 118 Å². The first-order chi connectivity index (χ1) is 28.9. The van der Waals surface area contributed by atoms with E-state index in [1.54, 1.807) is 0 Å². The third kappa shape index (κ3) is 6.74. The lowest BCUT2D eigenvalue weighted by atomic mass is 9.76. The van der Waals surface area contributed by atoms with Gasteiger partial charge in [0.25, 0.3) is 0 Å². The van der Waals surface area contributed by atoms with Crippen LogP contribution in [-0.2, 0) is 10.8 Å². The van der Waals surface area contributed by atoms with Gasteiger partial charge in [0.05, 0.1) is 19.4 Å². The number of fused-ring (bicyclic) bond motifs is 6. The van der Waals surface area contributed by atoms with E-state index in [1.807, 2.05) is 0 Å². The van der Waals surface area contributed by atoms with Crippen LogP contribution in [0.15, 0.2) is 170 Å². The molecule has 0 fully saturated rings. The standard InChI is InChI=1S/C57H58N2Si/c1-9-37-57(5,10-2)41-27-29-44(30-28-41)59(53-26-18-20-40-19-14-15-23-47(40)53)54-39-52-55(49-25-17-16-24-48(49)54)50-36-33-45(38-51(50)56(52,3)4)58(42-21-12-11-13-22-42)43-31-34-46(35-32-43)60(6,7)8/h11-36,38-39H,9-10,37H2,1-8H3. The molecule has 1 aliphatic rings. The summed E-state index contributed by atoms with van der Waals surface area (Å²) < 4.78 is 0. The minimum atomic E-state index is -1.45. The Bertz CT molecular complexity index is 2830. The first kappa shape index (κ1) is 39.6. The molecule has 0 saturated heterocycles. The van der Waals surface area contributed by atoms with Crippen LogP contribution >= 0.6 is 0 Å². The van der Waals surface area contributed by atoms with Crippen LogP contribution < -0.4 is 15.0 Å². The van der Waals surface area contributed by atoms with Gasteiger partial charge in [-0.15, -0.1) is 0 Å². The molecule has 60 heavy (non-hydrogen) atoms. The smallest absolute Gasteiger partial charge is 0.0775 e. The largest absolute Gasteiger partial charge is 0.310 e. The number of hydrogen-bond donors (Lipinski definition) is 0. The van der Waals surface area contributed by atoms with E-state index in [4.69, 9.17) is 0 Å². The highest BCUT2D eigenvalue weighted by atomic mass is 28.3. The third-order valence-electron chi connectivity index (χ3n) is 13.6. The van der Waals surface area contributed by atoms with Crippen LogP contribution in [0.1, 0.15) is 70.6 Å². The molecule has 8 aromatic rings. The molecular weight excluding hydrogens is 741 g/mol. The zero-order chi connectivity index (χ0) is 41.8. The van der Waals surface area contributed by atoms with Crippen LogP contribution in [0, 0.1) is 0 Å². The Kier molecular flexibility index (Phi) is 10.1. The van der Waals surface area contributed by atoms with Crippen LogP contribution in [0.3, 0.4) is 0 Å². The first-order valence-electron chi connectivity index (χ1n) is 22.0. The van der Waals surface area contributed by atoms with E-state index in [0.29, 0.717) is 0 Å². The Hall–Kier alpha value is -5.90. The summed E-state index contributed by atoms with van der Waals surface area (Å²) in [5.74, 6) is 0. The van der Waals surface area contributed by atoms with Crippen LogP contribution in [0.25, 0.3) is 32.7 Å². The predicted octanol–water partition coefficient (Wildman–Crippen LogP) is 16.3. The average Bonchev–Trinajstić information content (AvgIpc) is 3.49. The molecule has 9 rings (SSSR count). The molecule has 0 heterocycles. The quantitative estimate of drug-likeness (QED) is 0.120. The fourth-order valence-electron chi connectivity index (χ4n) is 9.91. The molecule has 1 atom stereocenters. The highest BCUT2D eigenvalue weighted by Gasteiger charge is 2.39. The van der Waals surface area contributed by atoms with Gasteiger partial charge in [-0.2, -0.15) is 0 Å². The summed E-state index contributed by atoms with van der Waals surface area (Å²) in [5.41, 5.74) is 13.7. The number of para-hydroxylation sites is 1. The van der Waals surface area contributed by atoms with Crippen molar-refractivity contribution in [3.05, 3.63) is 187 Å². The zero-order valence-corrected chi connectivity index (χ0v) is 37.7. The van der Waals surface area contributed by atoms with Crippen molar-refractivity contribution in [3.8, 4) is 11.1 Å². The average molecular weight is 799 g/mol. The predicted molar refractivity (Wildman–Crippen MR) is 264 cm³/mol. The van der Waals surface area contributed by atoms with Crippen molar-refractivity contribution in [2.45, 2.75) is 84.4 Å². The molecule has 0 N–H and O–H groups in total. The summed E-state index contributed by atoms with van der Waals surface area (Å²) in [5, 5.41) is 6.48. The van der Waals surface area contributed by atoms with Crippen molar-refractivity contribution >= 4 is 68.9 Å². The topological polar surface area (TPSA) is 6.48 Å². The Balaban J connectivity index is 1.23. The second-order valence-corrected chi connectivity index (χ2v) is 23.8. The molecule has 0 saturated carbocycles. The summed E-state index contributed by atoms with van der Waals surface area (Å²) in [6, 6.07) is 64.0. The third-order valence-corrected chi connectivity index (χ3v) is 15.6. The SMILES string of the molecule is CCCC(C)(CC)c1ccc(N(c2cccc3ccccc23)c2cc3c(c4ccccc24)-c2ccc(N(c4ccccc4)c4ccc([Si](C)(C)C)cc4)cc2C3(C)C)cc1. The van der Waals surface area contributed by atoms with Gasteiger partial charge in [0, 0.05) is 38.9 Å². The molecule has 1 unspecified atom stereocenters. The number of anilines is 6. The van der Waals surface area contributed by atoms with Crippen LogP contribution in [0.2, 0.25) is 19.6 Å². The first-order valence-corrected chi connectivity index (χ1v) is 25.5. The van der Waals surface area contributed by atoms with E-state index >= 15 is 0 Å². The number of benzene rings is 8. The van der Waals surface area contributed by atoms with Gasteiger partial charge >= 0.3 is 0 Å². The molecule has 0 spiro atoms. The highest BCUT2D eigenvalue weighted by molar-refractivity contribution is 6.88. The van der Waals surface area contributed by atoms with Crippen molar-refractivity contribution in [2.24, 2.45) is 0 Å². The fraction of sp³-hybridized carbons (Fsp3) is 0.228. The summed E-state index contributed by atoms with van der Waals surface area (Å²) >= 11 is 0. The summed E-state index contributed by atoms with van der Waals surface area (Å²) in [4.78, 5) is 4.95. The maximum Gasteiger partial charge on any atom is 0.0775 e. The highest BCUT2D eigenvalue weighted by Crippen LogP contribution is 2.56. The molecule has 300 valence electrons. The molecule has 0 radical (unpaired) electrons. The molecule has 1 aliphatic carbocycles. The summed E-state index contributed by atoms with van der Waals surface area (Å²) in [6.07, 6.45) is 3.47. The lowest BCUT2D eigenvalue weighted by Gasteiger charge is -2.32. The minimum Gasteiger partial charge on any atom is -0.310 e. The molecular formula is C57H58N2Si. The second-order valence-electron chi connectivity index (χ2n) is 18.7. The van der Waals surface area contributed by atoms with Crippen LogP contribution in [-0.4, -0.2) is 8.07 Å². The van der Waals surface area contributed by atoms with E-state index in [0.717, 1.165) is 12.1 Å². The van der Waals surface area contributed by atoms with Gasteiger partial charge in [-0.25, -0.2) is 0 Å². The van der Waals surface area contributed by atoms with E-state index in [-0.39, 0.29) is 10.8 Å². The van der Waals surface area contributed by atoms with Gasteiger partial charge in [0.2, 0.25) is 0 Å². The molecule has 0 amide bonds. The lowest BCUT2D eigenvalue weighted by Crippen LogP contribution is -2.37. The van der Waals surface area contributed by atoms with Crippen molar-refractivity contribution < 1.29 is 0 Å². The van der Waals surface area contributed by atoms with E-state index < -0.39 is 8.07 Å².